The third kappa shape index (κ3) is 6.15. The van der Waals surface area contributed by atoms with Crippen molar-refractivity contribution in [2.75, 3.05) is 5.32 Å². The van der Waals surface area contributed by atoms with Gasteiger partial charge < -0.3 is 15.0 Å². The average molecular weight is 496 g/mol. The lowest BCUT2D eigenvalue weighted by Gasteiger charge is -2.30. The van der Waals surface area contributed by atoms with E-state index in [0.29, 0.717) is 24.1 Å². The van der Waals surface area contributed by atoms with Crippen LogP contribution in [0.5, 0.6) is 0 Å². The maximum Gasteiger partial charge on any atom is 0.417 e. The van der Waals surface area contributed by atoms with Gasteiger partial charge in [-0.05, 0) is 56.0 Å². The molecule has 0 radical (unpaired) electrons. The van der Waals surface area contributed by atoms with Crippen LogP contribution >= 0.6 is 27.0 Å². The Morgan fingerprint density at radius 3 is 2.45 bits per heavy atom. The normalized spacial score (nSPS) is 17.9. The minimum absolute atomic E-state index is 0. The number of nitrogens with one attached hydrogen (secondary N) is 2. The van der Waals surface area contributed by atoms with Crippen molar-refractivity contribution < 1.29 is 18.0 Å². The van der Waals surface area contributed by atoms with Crippen molar-refractivity contribution in [3.63, 3.8) is 0 Å². The third-order valence-corrected chi connectivity index (χ3v) is 5.53. The highest BCUT2D eigenvalue weighted by molar-refractivity contribution is 7.59. The molecule has 1 aliphatic rings. The molecule has 1 saturated carbocycles. The fourth-order valence-corrected chi connectivity index (χ4v) is 3.91. The van der Waals surface area contributed by atoms with Crippen molar-refractivity contribution in [3.05, 3.63) is 65.6 Å². The number of imidazole rings is 1. The number of aromatic nitrogens is 2. The number of fused-ring (bicyclic) bond motifs is 1. The van der Waals surface area contributed by atoms with E-state index in [4.69, 9.17) is 5.26 Å². The van der Waals surface area contributed by atoms with E-state index in [9.17, 15) is 18.0 Å². The molecule has 1 aromatic carbocycles. The molecule has 4 rings (SSSR count). The molecule has 0 unspecified atom stereocenters. The van der Waals surface area contributed by atoms with E-state index < -0.39 is 17.3 Å². The van der Waals surface area contributed by atoms with Gasteiger partial charge in [-0.25, -0.2) is 4.98 Å². The third-order valence-electron chi connectivity index (χ3n) is 5.53. The molecule has 11 heteroatoms. The molecule has 6 nitrogen and oxygen atoms in total. The van der Waals surface area contributed by atoms with E-state index in [1.54, 1.807) is 41.2 Å². The van der Waals surface area contributed by atoms with Gasteiger partial charge in [-0.1, -0.05) is 0 Å². The molecule has 176 valence electrons. The number of alkyl halides is 3. The van der Waals surface area contributed by atoms with Crippen molar-refractivity contribution in [2.45, 2.75) is 43.9 Å². The van der Waals surface area contributed by atoms with Gasteiger partial charge in [-0.2, -0.15) is 45.4 Å². The van der Waals surface area contributed by atoms with E-state index in [0.717, 1.165) is 24.6 Å². The van der Waals surface area contributed by atoms with Crippen LogP contribution in [0.15, 0.2) is 48.9 Å². The Morgan fingerprint density at radius 2 is 1.79 bits per heavy atom. The summed E-state index contributed by atoms with van der Waals surface area (Å²) in [5.41, 5.74) is 0.323. The second-order valence-corrected chi connectivity index (χ2v) is 7.65. The fraction of sp³-hybridized carbons (Fsp3) is 0.318. The molecule has 0 atom stereocenters. The minimum Gasteiger partial charge on any atom is -0.382 e. The Kier molecular flexibility index (Phi) is 8.69. The van der Waals surface area contributed by atoms with E-state index >= 15 is 0 Å². The lowest BCUT2D eigenvalue weighted by molar-refractivity contribution is -0.137. The molecular formula is C22H24F3N5OS2. The van der Waals surface area contributed by atoms with Gasteiger partial charge in [0.05, 0.1) is 22.8 Å². The van der Waals surface area contributed by atoms with Crippen LogP contribution < -0.4 is 10.6 Å². The number of hydrogen-bond acceptors (Lipinski definition) is 4. The quantitative estimate of drug-likeness (QED) is 0.554. The first kappa shape index (κ1) is 26.4. The van der Waals surface area contributed by atoms with Gasteiger partial charge in [0.1, 0.15) is 5.65 Å². The fourth-order valence-electron chi connectivity index (χ4n) is 3.91. The summed E-state index contributed by atoms with van der Waals surface area (Å²) in [7, 11) is 0. The van der Waals surface area contributed by atoms with Crippen LogP contribution in [0.25, 0.3) is 5.65 Å². The lowest BCUT2D eigenvalue weighted by atomic mass is 9.90. The molecule has 1 amide bonds. The highest BCUT2D eigenvalue weighted by Gasteiger charge is 2.34. The second kappa shape index (κ2) is 10.9. The highest BCUT2D eigenvalue weighted by Crippen LogP contribution is 2.34. The molecule has 0 aliphatic heterocycles. The Bertz CT molecular complexity index is 1150. The first-order chi connectivity index (χ1) is 14.8. The van der Waals surface area contributed by atoms with Gasteiger partial charge in [-0.3, -0.25) is 4.79 Å². The van der Waals surface area contributed by atoms with E-state index in [2.05, 4.69) is 15.6 Å². The predicted molar refractivity (Wildman–Crippen MR) is 129 cm³/mol. The molecule has 33 heavy (non-hydrogen) atoms. The van der Waals surface area contributed by atoms with Crippen molar-refractivity contribution in [1.29, 1.82) is 5.26 Å². The molecule has 0 bridgehead atoms. The van der Waals surface area contributed by atoms with Crippen LogP contribution in [0, 0.1) is 11.3 Å². The van der Waals surface area contributed by atoms with E-state index in [1.165, 1.54) is 12.1 Å². The number of halogens is 3. The van der Waals surface area contributed by atoms with Gasteiger partial charge in [-0.15, -0.1) is 0 Å². The monoisotopic (exact) mass is 495 g/mol. The van der Waals surface area contributed by atoms with Gasteiger partial charge in [0.25, 0.3) is 5.91 Å². The average Bonchev–Trinajstić information content (AvgIpc) is 3.22. The maximum atomic E-state index is 13.2. The number of nitrogens with zero attached hydrogens (tertiary/aromatic N) is 3. The number of carbonyl (C=O) groups excluding carboxylic acids is 1. The number of benzene rings is 1. The molecule has 3 aromatic rings. The summed E-state index contributed by atoms with van der Waals surface area (Å²) in [4.78, 5) is 16.7. The van der Waals surface area contributed by atoms with Crippen LogP contribution in [0.3, 0.4) is 0 Å². The summed E-state index contributed by atoms with van der Waals surface area (Å²) in [5.74, 6) is -0.158. The van der Waals surface area contributed by atoms with Crippen LogP contribution in [-0.2, 0) is 6.18 Å². The maximum absolute atomic E-state index is 13.2. The van der Waals surface area contributed by atoms with Crippen molar-refractivity contribution in [2.24, 2.45) is 0 Å². The standard InChI is InChI=1S/C22H20F3N5O.2H2S/c23-22(24,25)19-11-18(3-1-14(19)12-26)28-16-4-6-17(7-5-16)29-21(31)15-2-8-20-27-9-10-30(20)13-15;;/h1-3,8-11,13,16-17,28H,4-7H2,(H,29,31);2*1H2. The van der Waals surface area contributed by atoms with E-state index in [-0.39, 0.29) is 45.0 Å². The SMILES string of the molecule is N#Cc1ccc(NC2CCC(NC(=O)c3ccc4nccn4c3)CC2)cc1C(F)(F)F.S.S. The summed E-state index contributed by atoms with van der Waals surface area (Å²) >= 11 is 0. The molecule has 2 aromatic heterocycles. The number of carbonyl (C=O) groups is 1. The Balaban J connectivity index is 0.00000193. The van der Waals surface area contributed by atoms with Crippen LogP contribution in [0.1, 0.15) is 47.2 Å². The smallest absolute Gasteiger partial charge is 0.382 e. The number of nitriles is 1. The number of amides is 1. The Morgan fingerprint density at radius 1 is 1.09 bits per heavy atom. The molecule has 2 N–H and O–H groups in total. The zero-order valence-electron chi connectivity index (χ0n) is 17.5. The Hall–Kier alpha value is -2.84. The molecule has 1 aliphatic carbocycles. The summed E-state index contributed by atoms with van der Waals surface area (Å²) in [6.45, 7) is 0. The largest absolute Gasteiger partial charge is 0.417 e. The topological polar surface area (TPSA) is 82.2 Å². The first-order valence-electron chi connectivity index (χ1n) is 9.95. The zero-order chi connectivity index (χ0) is 22.0. The molecule has 2 heterocycles. The van der Waals surface area contributed by atoms with Crippen LogP contribution in [-0.4, -0.2) is 27.4 Å². The van der Waals surface area contributed by atoms with Gasteiger partial charge in [0.2, 0.25) is 0 Å². The summed E-state index contributed by atoms with van der Waals surface area (Å²) in [6, 6.07) is 8.78. The number of hydrogen-bond donors (Lipinski definition) is 2. The van der Waals surface area contributed by atoms with Crippen LogP contribution in [0.2, 0.25) is 0 Å². The minimum atomic E-state index is -4.58. The van der Waals surface area contributed by atoms with Crippen molar-refractivity contribution >= 4 is 44.2 Å². The summed E-state index contributed by atoms with van der Waals surface area (Å²) in [5, 5.41) is 15.1. The lowest BCUT2D eigenvalue weighted by Crippen LogP contribution is -2.40. The van der Waals surface area contributed by atoms with Gasteiger partial charge in [0.15, 0.2) is 0 Å². The van der Waals surface area contributed by atoms with Crippen molar-refractivity contribution in [1.82, 2.24) is 14.7 Å². The number of rotatable bonds is 4. The van der Waals surface area contributed by atoms with Crippen LogP contribution in [0.4, 0.5) is 18.9 Å². The first-order valence-corrected chi connectivity index (χ1v) is 9.95. The van der Waals surface area contributed by atoms with Gasteiger partial charge in [0, 0.05) is 36.4 Å². The Labute approximate surface area is 203 Å². The van der Waals surface area contributed by atoms with E-state index in [1.807, 2.05) is 0 Å². The predicted octanol–water partition coefficient (Wildman–Crippen LogP) is 4.60. The van der Waals surface area contributed by atoms with Gasteiger partial charge >= 0.3 is 6.18 Å². The zero-order valence-corrected chi connectivity index (χ0v) is 19.5. The number of pyridine rings is 1. The molecule has 1 fully saturated rings. The summed E-state index contributed by atoms with van der Waals surface area (Å²) in [6.07, 6.45) is 3.46. The molecular weight excluding hydrogens is 471 g/mol. The molecule has 0 spiro atoms. The second-order valence-electron chi connectivity index (χ2n) is 7.65. The molecule has 0 saturated heterocycles. The highest BCUT2D eigenvalue weighted by atomic mass is 32.1. The summed E-state index contributed by atoms with van der Waals surface area (Å²) < 4.78 is 41.2. The van der Waals surface area contributed by atoms with Crippen molar-refractivity contribution in [3.8, 4) is 6.07 Å². The number of anilines is 1.